The van der Waals surface area contributed by atoms with Crippen LogP contribution in [0.4, 0.5) is 49.6 Å². The van der Waals surface area contributed by atoms with Crippen LogP contribution in [0.3, 0.4) is 0 Å². The smallest absolute Gasteiger partial charge is 0.406 e. The molecule has 2 amide bonds. The van der Waals surface area contributed by atoms with Gasteiger partial charge in [-0.3, -0.25) is 14.5 Å². The molecular weight excluding hydrogens is 975 g/mol. The molecule has 394 valence electrons. The highest BCUT2D eigenvalue weighted by atomic mass is 19.4. The van der Waals surface area contributed by atoms with Gasteiger partial charge in [0, 0.05) is 75.5 Å². The summed E-state index contributed by atoms with van der Waals surface area (Å²) >= 11 is 0. The maximum atomic E-state index is 12.5. The van der Waals surface area contributed by atoms with Gasteiger partial charge in [0.2, 0.25) is 23.7 Å². The number of ether oxygens (including phenoxy) is 2. The number of anilines is 4. The number of fused-ring (bicyclic) bond motifs is 2. The van der Waals surface area contributed by atoms with Gasteiger partial charge in [-0.1, -0.05) is 24.3 Å². The summed E-state index contributed by atoms with van der Waals surface area (Å²) in [6.07, 6.45) is -0.463. The van der Waals surface area contributed by atoms with E-state index in [9.17, 15) is 35.9 Å². The first-order chi connectivity index (χ1) is 35.4. The fourth-order valence-corrected chi connectivity index (χ4v) is 9.23. The van der Waals surface area contributed by atoms with E-state index in [0.29, 0.717) is 65.6 Å². The Morgan fingerprint density at radius 1 is 0.622 bits per heavy atom. The second kappa shape index (κ2) is 23.9. The Morgan fingerprint density at radius 3 is 1.47 bits per heavy atom. The fraction of sp³-hybridized carbons (Fsp3) is 0.451. The lowest BCUT2D eigenvalue weighted by molar-refractivity contribution is -0.275. The van der Waals surface area contributed by atoms with Crippen molar-refractivity contribution in [3.8, 4) is 11.5 Å². The van der Waals surface area contributed by atoms with Crippen molar-refractivity contribution in [1.82, 2.24) is 39.7 Å². The van der Waals surface area contributed by atoms with Gasteiger partial charge in [-0.05, 0) is 113 Å². The van der Waals surface area contributed by atoms with E-state index in [1.807, 2.05) is 19.9 Å². The SMILES string of the molecule is Cc1nc(N2CCC(N3CCCC3)CC2)nc2ncc(NC(=O)CCc3ccc(OC(F)(F)F)cc3)cc12.Cc1nc(N2CCN(CCO)CC2)nc2ncc(NC(=O)CCc3ccc(OC(F)(F)F)cc3)cc12. The number of piperidine rings is 1. The monoisotopic (exact) mass is 1030 g/mol. The standard InChI is InChI=1S/C27H31F3N6O2.C24H27F3N6O3/c1-18-23-16-20(33-24(37)9-6-19-4-7-22(8-5-19)38-27(28,29)30)17-31-25(23)34-26(32-18)36-14-10-21(11-15-36)35-12-2-3-13-35;1-16-20-14-18(30-21(35)7-4-17-2-5-19(6-3-17)36-24(25,26)27)15-28-22(20)31-23(29-16)33-10-8-32(9-11-33)12-13-34/h4-5,7-8,16-17,21H,2-3,6,9-15H2,1H3,(H,33,37);2-3,5-6,14-15,34H,4,7-13H2,1H3,(H,30,35). The number of aryl methyl sites for hydroxylation is 4. The molecule has 2 aromatic carbocycles. The highest BCUT2D eigenvalue weighted by Gasteiger charge is 2.32. The molecule has 0 saturated carbocycles. The zero-order valence-electron chi connectivity index (χ0n) is 41.1. The largest absolute Gasteiger partial charge is 0.573 e. The van der Waals surface area contributed by atoms with E-state index >= 15 is 0 Å². The third-order valence-corrected chi connectivity index (χ3v) is 13.1. The molecule has 0 spiro atoms. The minimum Gasteiger partial charge on any atom is -0.406 e. The Hall–Kier alpha value is -6.98. The number of rotatable bonds is 15. The molecule has 17 nitrogen and oxygen atoms in total. The number of hydrogen-bond acceptors (Lipinski definition) is 15. The Balaban J connectivity index is 0.000000197. The summed E-state index contributed by atoms with van der Waals surface area (Å²) in [5.41, 5.74) is 5.18. The first-order valence-electron chi connectivity index (χ1n) is 24.6. The molecular formula is C51H58F6N12O5. The molecule has 3 fully saturated rings. The number of hydrogen-bond donors (Lipinski definition) is 3. The van der Waals surface area contributed by atoms with Crippen LogP contribution in [0.5, 0.6) is 11.5 Å². The number of benzene rings is 2. The molecule has 0 unspecified atom stereocenters. The predicted molar refractivity (Wildman–Crippen MR) is 266 cm³/mol. The Morgan fingerprint density at radius 2 is 1.05 bits per heavy atom. The van der Waals surface area contributed by atoms with Crippen molar-refractivity contribution in [2.75, 3.05) is 85.9 Å². The topological polar surface area (TPSA) is 187 Å². The lowest BCUT2D eigenvalue weighted by Crippen LogP contribution is -2.47. The number of pyridine rings is 2. The van der Waals surface area contributed by atoms with Crippen LogP contribution >= 0.6 is 0 Å². The number of halogens is 6. The molecule has 3 N–H and O–H groups in total. The van der Waals surface area contributed by atoms with E-state index in [1.54, 1.807) is 18.5 Å². The van der Waals surface area contributed by atoms with E-state index < -0.39 is 12.7 Å². The van der Waals surface area contributed by atoms with Gasteiger partial charge in [-0.15, -0.1) is 26.3 Å². The van der Waals surface area contributed by atoms with Crippen LogP contribution in [0.1, 0.15) is 61.0 Å². The van der Waals surface area contributed by atoms with Gasteiger partial charge in [0.1, 0.15) is 11.5 Å². The second-order valence-electron chi connectivity index (χ2n) is 18.4. The molecule has 7 heterocycles. The molecule has 23 heteroatoms. The van der Waals surface area contributed by atoms with Crippen molar-refractivity contribution in [1.29, 1.82) is 0 Å². The number of alkyl halides is 6. The Kier molecular flexibility index (Phi) is 17.2. The fourth-order valence-electron chi connectivity index (χ4n) is 9.23. The third kappa shape index (κ3) is 15.1. The molecule has 0 atom stereocenters. The van der Waals surface area contributed by atoms with E-state index in [0.717, 1.165) is 79.8 Å². The molecule has 4 aromatic heterocycles. The lowest BCUT2D eigenvalue weighted by atomic mass is 10.0. The van der Waals surface area contributed by atoms with Crippen molar-refractivity contribution in [2.24, 2.45) is 0 Å². The average Bonchev–Trinajstić information content (AvgIpc) is 3.92. The van der Waals surface area contributed by atoms with E-state index in [1.165, 1.54) is 74.5 Å². The maximum Gasteiger partial charge on any atom is 0.573 e. The van der Waals surface area contributed by atoms with Crippen molar-refractivity contribution in [2.45, 2.75) is 84.0 Å². The number of aromatic nitrogens is 6. The number of carbonyl (C=O) groups excluding carboxylic acids is 2. The molecule has 74 heavy (non-hydrogen) atoms. The van der Waals surface area contributed by atoms with Gasteiger partial charge in [-0.25, -0.2) is 19.9 Å². The van der Waals surface area contributed by atoms with E-state index in [-0.39, 0.29) is 42.8 Å². The summed E-state index contributed by atoms with van der Waals surface area (Å²) in [5, 5.41) is 16.3. The van der Waals surface area contributed by atoms with Gasteiger partial charge in [0.05, 0.1) is 41.8 Å². The highest BCUT2D eigenvalue weighted by molar-refractivity contribution is 5.94. The van der Waals surface area contributed by atoms with Gasteiger partial charge >= 0.3 is 12.7 Å². The van der Waals surface area contributed by atoms with Gasteiger partial charge in [0.15, 0.2) is 11.3 Å². The van der Waals surface area contributed by atoms with Gasteiger partial charge in [0.25, 0.3) is 0 Å². The maximum absolute atomic E-state index is 12.5. The van der Waals surface area contributed by atoms with E-state index in [4.69, 9.17) is 15.1 Å². The number of amides is 2. The number of carbonyl (C=O) groups is 2. The van der Waals surface area contributed by atoms with Crippen LogP contribution in [-0.2, 0) is 22.4 Å². The third-order valence-electron chi connectivity index (χ3n) is 13.1. The molecule has 3 aliphatic rings. The average molecular weight is 1030 g/mol. The zero-order valence-corrected chi connectivity index (χ0v) is 41.1. The summed E-state index contributed by atoms with van der Waals surface area (Å²) in [6.45, 7) is 12.0. The normalized spacial score (nSPS) is 16.0. The molecule has 9 rings (SSSR count). The predicted octanol–water partition coefficient (Wildman–Crippen LogP) is 7.79. The second-order valence-corrected chi connectivity index (χ2v) is 18.4. The summed E-state index contributed by atoms with van der Waals surface area (Å²) in [7, 11) is 0. The minimum absolute atomic E-state index is 0.141. The number of aliphatic hydroxyl groups excluding tert-OH is 1. The van der Waals surface area contributed by atoms with Crippen LogP contribution < -0.4 is 29.9 Å². The molecule has 0 bridgehead atoms. The molecule has 6 aromatic rings. The number of nitrogens with zero attached hydrogens (tertiary/aromatic N) is 10. The zero-order chi connectivity index (χ0) is 52.4. The summed E-state index contributed by atoms with van der Waals surface area (Å²) in [6, 6.07) is 15.2. The van der Waals surface area contributed by atoms with Crippen LogP contribution in [0.15, 0.2) is 73.1 Å². The highest BCUT2D eigenvalue weighted by Crippen LogP contribution is 2.28. The van der Waals surface area contributed by atoms with Crippen LogP contribution in [-0.4, -0.2) is 141 Å². The molecule has 3 saturated heterocycles. The van der Waals surface area contributed by atoms with E-state index in [2.05, 4.69) is 59.6 Å². The number of aliphatic hydroxyl groups is 1. The number of piperazine rings is 1. The van der Waals surface area contributed by atoms with Crippen molar-refractivity contribution in [3.05, 3.63) is 95.6 Å². The van der Waals surface area contributed by atoms with Crippen molar-refractivity contribution >= 4 is 57.2 Å². The van der Waals surface area contributed by atoms with Gasteiger partial charge < -0.3 is 39.9 Å². The molecule has 3 aliphatic heterocycles. The lowest BCUT2D eigenvalue weighted by Gasteiger charge is -2.36. The van der Waals surface area contributed by atoms with Crippen molar-refractivity contribution < 1.29 is 50.5 Å². The molecule has 0 radical (unpaired) electrons. The minimum atomic E-state index is -4.74. The van der Waals surface area contributed by atoms with Crippen LogP contribution in [0.25, 0.3) is 22.1 Å². The molecule has 0 aliphatic carbocycles. The van der Waals surface area contributed by atoms with Crippen molar-refractivity contribution in [3.63, 3.8) is 0 Å². The summed E-state index contributed by atoms with van der Waals surface area (Å²) in [5.74, 6) is 0.244. The first-order valence-corrected chi connectivity index (χ1v) is 24.6. The Labute approximate surface area is 423 Å². The van der Waals surface area contributed by atoms with Gasteiger partial charge in [-0.2, -0.15) is 9.97 Å². The Bertz CT molecular complexity index is 2860. The number of nitrogens with one attached hydrogen (secondary N) is 2. The first kappa shape index (κ1) is 53.3. The summed E-state index contributed by atoms with van der Waals surface area (Å²) < 4.78 is 81.4. The quantitative estimate of drug-likeness (QED) is 0.0846. The number of likely N-dealkylation sites (tertiary alicyclic amines) is 1. The van der Waals surface area contributed by atoms with Crippen LogP contribution in [0, 0.1) is 13.8 Å². The summed E-state index contributed by atoms with van der Waals surface area (Å²) in [4.78, 5) is 61.6. The van der Waals surface area contributed by atoms with Crippen LogP contribution in [0.2, 0.25) is 0 Å². The number of β-amino-alcohol motifs (C(OH)–C–C–N with tert-alkyl or cyclic N) is 1.